The maximum absolute atomic E-state index is 8.94. The van der Waals surface area contributed by atoms with E-state index in [2.05, 4.69) is 6.92 Å². The normalized spacial score (nSPS) is 21.1. The van der Waals surface area contributed by atoms with E-state index >= 15 is 0 Å². The van der Waals surface area contributed by atoms with E-state index in [0.717, 1.165) is 26.1 Å². The topological polar surface area (TPSA) is 38.7 Å². The predicted octanol–water partition coefficient (Wildman–Crippen LogP) is 4.71. The molecule has 0 spiro atoms. The van der Waals surface area contributed by atoms with E-state index in [9.17, 15) is 0 Å². The van der Waals surface area contributed by atoms with Crippen LogP contribution in [0.1, 0.15) is 85.0 Å². The van der Waals surface area contributed by atoms with Crippen molar-refractivity contribution in [2.75, 3.05) is 19.8 Å². The van der Waals surface area contributed by atoms with Gasteiger partial charge in [-0.25, -0.2) is 0 Å². The highest BCUT2D eigenvalue weighted by molar-refractivity contribution is 4.76. The lowest BCUT2D eigenvalue weighted by Crippen LogP contribution is -2.25. The molecule has 0 bridgehead atoms. The first kappa shape index (κ1) is 20.9. The molecular formula is C18H38O3. The molecule has 1 rings (SSSR count). The second-order valence-electron chi connectivity index (χ2n) is 5.59. The second kappa shape index (κ2) is 16.3. The van der Waals surface area contributed by atoms with E-state index < -0.39 is 0 Å². The summed E-state index contributed by atoms with van der Waals surface area (Å²) in [7, 11) is 0. The van der Waals surface area contributed by atoms with E-state index in [-0.39, 0.29) is 18.8 Å². The van der Waals surface area contributed by atoms with Gasteiger partial charge in [0.25, 0.3) is 0 Å². The van der Waals surface area contributed by atoms with Gasteiger partial charge in [-0.15, -0.1) is 0 Å². The van der Waals surface area contributed by atoms with E-state index in [1.807, 2.05) is 13.8 Å². The number of hydrogen-bond donors (Lipinski definition) is 1. The van der Waals surface area contributed by atoms with Gasteiger partial charge >= 0.3 is 0 Å². The summed E-state index contributed by atoms with van der Waals surface area (Å²) in [5.74, 6) is 0. The minimum Gasteiger partial charge on any atom is -0.396 e. The molecule has 1 saturated heterocycles. The number of aliphatic hydroxyl groups is 1. The fourth-order valence-electron chi connectivity index (χ4n) is 2.69. The molecule has 1 aliphatic heterocycles. The van der Waals surface area contributed by atoms with E-state index in [0.29, 0.717) is 6.42 Å². The molecule has 0 aromatic carbocycles. The molecule has 0 aromatic rings. The van der Waals surface area contributed by atoms with Gasteiger partial charge in [-0.3, -0.25) is 0 Å². The van der Waals surface area contributed by atoms with Gasteiger partial charge in [0.2, 0.25) is 0 Å². The van der Waals surface area contributed by atoms with Crippen LogP contribution in [0.25, 0.3) is 0 Å². The summed E-state index contributed by atoms with van der Waals surface area (Å²) >= 11 is 0. The standard InChI is InChI=1S/C16H32O3.C2H6/c1-2-3-4-5-6-7-8-9-13-18-16-11-14-19-15(16)10-12-17;1-2/h15-17H,2-14H2,1H3;1-2H3/t15-,16?;/m1./s1. The number of unbranched alkanes of at least 4 members (excludes halogenated alkanes) is 7. The van der Waals surface area contributed by atoms with Crippen LogP contribution >= 0.6 is 0 Å². The van der Waals surface area contributed by atoms with Crippen molar-refractivity contribution in [1.29, 1.82) is 0 Å². The van der Waals surface area contributed by atoms with Gasteiger partial charge in [-0.1, -0.05) is 65.7 Å². The maximum atomic E-state index is 8.94. The zero-order chi connectivity index (χ0) is 15.8. The molecule has 0 radical (unpaired) electrons. The zero-order valence-electron chi connectivity index (χ0n) is 14.6. The highest BCUT2D eigenvalue weighted by Crippen LogP contribution is 2.20. The third kappa shape index (κ3) is 11.1. The fourth-order valence-corrected chi connectivity index (χ4v) is 2.69. The van der Waals surface area contributed by atoms with Gasteiger partial charge in [0.05, 0.1) is 12.2 Å². The summed E-state index contributed by atoms with van der Waals surface area (Å²) in [6.45, 7) is 8.09. The van der Waals surface area contributed by atoms with Gasteiger partial charge < -0.3 is 14.6 Å². The molecule has 0 amide bonds. The summed E-state index contributed by atoms with van der Waals surface area (Å²) < 4.78 is 11.4. The van der Waals surface area contributed by atoms with Crippen LogP contribution in [0.3, 0.4) is 0 Å². The first-order valence-corrected chi connectivity index (χ1v) is 9.22. The summed E-state index contributed by atoms with van der Waals surface area (Å²) in [5, 5.41) is 8.94. The van der Waals surface area contributed by atoms with Crippen LogP contribution in [0.5, 0.6) is 0 Å². The molecule has 1 heterocycles. The van der Waals surface area contributed by atoms with Crippen molar-refractivity contribution in [1.82, 2.24) is 0 Å². The largest absolute Gasteiger partial charge is 0.396 e. The van der Waals surface area contributed by atoms with Crippen LogP contribution < -0.4 is 0 Å². The van der Waals surface area contributed by atoms with Crippen molar-refractivity contribution in [2.45, 2.75) is 97.2 Å². The minimum atomic E-state index is 0.124. The van der Waals surface area contributed by atoms with Crippen molar-refractivity contribution in [3.05, 3.63) is 0 Å². The van der Waals surface area contributed by atoms with Crippen LogP contribution in [0.2, 0.25) is 0 Å². The lowest BCUT2D eigenvalue weighted by Gasteiger charge is -2.18. The van der Waals surface area contributed by atoms with Crippen LogP contribution in [0, 0.1) is 0 Å². The Morgan fingerprint density at radius 2 is 1.62 bits per heavy atom. The first-order chi connectivity index (χ1) is 10.4. The molecule has 1 unspecified atom stereocenters. The first-order valence-electron chi connectivity index (χ1n) is 9.22. The Labute approximate surface area is 132 Å². The van der Waals surface area contributed by atoms with Gasteiger partial charge in [0.15, 0.2) is 0 Å². The van der Waals surface area contributed by atoms with Crippen LogP contribution in [0.15, 0.2) is 0 Å². The SMILES string of the molecule is CC.CCCCCCCCCCOC1CCO[C@@H]1CCO. The second-order valence-corrected chi connectivity index (χ2v) is 5.59. The third-order valence-electron chi connectivity index (χ3n) is 3.89. The molecular weight excluding hydrogens is 264 g/mol. The van der Waals surface area contributed by atoms with Crippen molar-refractivity contribution in [3.8, 4) is 0 Å². The lowest BCUT2D eigenvalue weighted by molar-refractivity contribution is -0.0197. The molecule has 0 aromatic heterocycles. The molecule has 0 aliphatic carbocycles. The lowest BCUT2D eigenvalue weighted by atomic mass is 10.1. The quantitative estimate of drug-likeness (QED) is 0.531. The molecule has 3 heteroatoms. The predicted molar refractivity (Wildman–Crippen MR) is 89.8 cm³/mol. The monoisotopic (exact) mass is 302 g/mol. The Balaban J connectivity index is 0.00000191. The smallest absolute Gasteiger partial charge is 0.0859 e. The van der Waals surface area contributed by atoms with Crippen molar-refractivity contribution >= 4 is 0 Å². The fraction of sp³-hybridized carbons (Fsp3) is 1.00. The summed E-state index contributed by atoms with van der Waals surface area (Å²) in [4.78, 5) is 0. The van der Waals surface area contributed by atoms with Crippen molar-refractivity contribution in [3.63, 3.8) is 0 Å². The van der Waals surface area contributed by atoms with Gasteiger partial charge in [-0.2, -0.15) is 0 Å². The zero-order valence-corrected chi connectivity index (χ0v) is 14.6. The van der Waals surface area contributed by atoms with Gasteiger partial charge in [0.1, 0.15) is 0 Å². The van der Waals surface area contributed by atoms with E-state index in [1.165, 1.54) is 44.9 Å². The molecule has 0 saturated carbocycles. The number of rotatable bonds is 12. The Hall–Kier alpha value is -0.120. The van der Waals surface area contributed by atoms with Crippen LogP contribution in [-0.2, 0) is 9.47 Å². The Bertz CT molecular complexity index is 197. The van der Waals surface area contributed by atoms with Crippen molar-refractivity contribution < 1.29 is 14.6 Å². The maximum Gasteiger partial charge on any atom is 0.0859 e. The molecule has 1 fully saturated rings. The van der Waals surface area contributed by atoms with Crippen LogP contribution in [0.4, 0.5) is 0 Å². The molecule has 2 atom stereocenters. The Morgan fingerprint density at radius 3 is 2.24 bits per heavy atom. The molecule has 3 nitrogen and oxygen atoms in total. The van der Waals surface area contributed by atoms with Gasteiger partial charge in [-0.05, 0) is 19.3 Å². The van der Waals surface area contributed by atoms with E-state index in [4.69, 9.17) is 14.6 Å². The molecule has 1 N–H and O–H groups in total. The Morgan fingerprint density at radius 1 is 1.00 bits per heavy atom. The molecule has 1 aliphatic rings. The summed E-state index contributed by atoms with van der Waals surface area (Å²) in [6, 6.07) is 0. The number of ether oxygens (including phenoxy) is 2. The third-order valence-corrected chi connectivity index (χ3v) is 3.89. The highest BCUT2D eigenvalue weighted by atomic mass is 16.6. The highest BCUT2D eigenvalue weighted by Gasteiger charge is 2.28. The van der Waals surface area contributed by atoms with Crippen LogP contribution in [-0.4, -0.2) is 37.1 Å². The average molecular weight is 302 g/mol. The number of aliphatic hydroxyl groups excluding tert-OH is 1. The summed E-state index contributed by atoms with van der Waals surface area (Å²) in [6.07, 6.45) is 12.7. The Kier molecular flexibility index (Phi) is 16.2. The molecule has 128 valence electrons. The molecule has 21 heavy (non-hydrogen) atoms. The average Bonchev–Trinajstić information content (AvgIpc) is 2.95. The number of hydrogen-bond acceptors (Lipinski definition) is 3. The van der Waals surface area contributed by atoms with Gasteiger partial charge in [0, 0.05) is 19.8 Å². The van der Waals surface area contributed by atoms with Crippen molar-refractivity contribution in [2.24, 2.45) is 0 Å². The minimum absolute atomic E-state index is 0.124. The summed E-state index contributed by atoms with van der Waals surface area (Å²) in [5.41, 5.74) is 0. The van der Waals surface area contributed by atoms with E-state index in [1.54, 1.807) is 0 Å².